The van der Waals surface area contributed by atoms with Crippen molar-refractivity contribution in [1.29, 1.82) is 0 Å². The molecule has 1 N–H and O–H groups in total. The fraction of sp³-hybridized carbons (Fsp3) is 0.545. The van der Waals surface area contributed by atoms with Gasteiger partial charge in [-0.3, -0.25) is 14.4 Å². The highest BCUT2D eigenvalue weighted by atomic mass is 16.5. The Hall–Kier alpha value is -2.79. The van der Waals surface area contributed by atoms with E-state index in [1.807, 2.05) is 26.0 Å². The Morgan fingerprint density at radius 1 is 1.03 bits per heavy atom. The lowest BCUT2D eigenvalue weighted by Gasteiger charge is -2.59. The summed E-state index contributed by atoms with van der Waals surface area (Å²) in [5.41, 5.74) is -1.87. The number of hydrogen-bond acceptors (Lipinski definition) is 5. The molecule has 1 spiro atoms. The van der Waals surface area contributed by atoms with Crippen LogP contribution in [0.2, 0.25) is 0 Å². The lowest BCUT2D eigenvalue weighted by molar-refractivity contribution is -0.166. The Bertz CT molecular complexity index is 1250. The molecule has 0 amide bonds. The molecule has 5 heteroatoms. The first kappa shape index (κ1) is 28.2. The van der Waals surface area contributed by atoms with Crippen molar-refractivity contribution in [1.82, 2.24) is 0 Å². The molecule has 0 aromatic heterocycles. The number of rotatable bonds is 7. The predicted molar refractivity (Wildman–Crippen MR) is 148 cm³/mol. The minimum absolute atomic E-state index is 0.00264. The van der Waals surface area contributed by atoms with Crippen LogP contribution in [0.1, 0.15) is 91.4 Å². The first-order valence-electron chi connectivity index (χ1n) is 13.7. The number of aliphatic hydroxyl groups is 1. The van der Waals surface area contributed by atoms with E-state index in [9.17, 15) is 19.5 Å². The molecule has 38 heavy (non-hydrogen) atoms. The summed E-state index contributed by atoms with van der Waals surface area (Å²) in [4.78, 5) is 43.5. The van der Waals surface area contributed by atoms with Gasteiger partial charge in [0.1, 0.15) is 17.4 Å². The second kappa shape index (κ2) is 9.44. The molecule has 1 aliphatic heterocycles. The average Bonchev–Trinajstić information content (AvgIpc) is 3.25. The van der Waals surface area contributed by atoms with Crippen LogP contribution in [-0.2, 0) is 14.3 Å². The Labute approximate surface area is 227 Å². The van der Waals surface area contributed by atoms with Crippen LogP contribution in [0.5, 0.6) is 0 Å². The summed E-state index contributed by atoms with van der Waals surface area (Å²) >= 11 is 0. The van der Waals surface area contributed by atoms with E-state index in [0.717, 1.165) is 12.0 Å². The van der Waals surface area contributed by atoms with E-state index < -0.39 is 39.5 Å². The van der Waals surface area contributed by atoms with Crippen LogP contribution >= 0.6 is 0 Å². The molecule has 1 aromatic rings. The number of benzene rings is 1. The quantitative estimate of drug-likeness (QED) is 0.191. The predicted octanol–water partition coefficient (Wildman–Crippen LogP) is 6.57. The Balaban J connectivity index is 2.07. The highest BCUT2D eigenvalue weighted by Gasteiger charge is 2.75. The number of allylic oxidation sites excluding steroid dienone is 6. The molecule has 5 nitrogen and oxygen atoms in total. The largest absolute Gasteiger partial charge is 0.490 e. The van der Waals surface area contributed by atoms with Crippen molar-refractivity contribution >= 4 is 17.3 Å². The van der Waals surface area contributed by atoms with Gasteiger partial charge in [-0.05, 0) is 72.1 Å². The van der Waals surface area contributed by atoms with E-state index in [1.54, 1.807) is 38.1 Å². The normalized spacial score (nSPS) is 29.9. The summed E-state index contributed by atoms with van der Waals surface area (Å²) in [7, 11) is 0. The third kappa shape index (κ3) is 4.14. The van der Waals surface area contributed by atoms with Crippen LogP contribution < -0.4 is 0 Å². The van der Waals surface area contributed by atoms with E-state index in [0.29, 0.717) is 12.0 Å². The molecular weight excluding hydrogens is 476 g/mol. The fourth-order valence-electron chi connectivity index (χ4n) is 6.77. The number of ether oxygens (including phenoxy) is 1. The van der Waals surface area contributed by atoms with Gasteiger partial charge in [-0.2, -0.15) is 0 Å². The molecule has 4 rings (SSSR count). The number of carbonyl (C=O) groups excluding carboxylic acids is 3. The van der Waals surface area contributed by atoms with Crippen molar-refractivity contribution in [2.75, 3.05) is 0 Å². The number of ketones is 3. The van der Waals surface area contributed by atoms with Gasteiger partial charge in [0.15, 0.2) is 17.3 Å². The molecule has 2 fully saturated rings. The van der Waals surface area contributed by atoms with Crippen LogP contribution in [0.3, 0.4) is 0 Å². The summed E-state index contributed by atoms with van der Waals surface area (Å²) in [6.45, 7) is 15.5. The molecule has 3 aliphatic rings. The first-order valence-corrected chi connectivity index (χ1v) is 13.7. The highest BCUT2D eigenvalue weighted by molar-refractivity contribution is 6.35. The molecule has 0 radical (unpaired) electrons. The Morgan fingerprint density at radius 3 is 2.18 bits per heavy atom. The van der Waals surface area contributed by atoms with Crippen LogP contribution in [-0.4, -0.2) is 34.2 Å². The van der Waals surface area contributed by atoms with Crippen LogP contribution in [0, 0.1) is 22.2 Å². The number of carbonyl (C=O) groups is 3. The molecule has 2 bridgehead atoms. The molecule has 4 atom stereocenters. The number of fused-ring (bicyclic) bond motifs is 1. The summed E-state index contributed by atoms with van der Waals surface area (Å²) < 4.78 is 6.42. The zero-order chi connectivity index (χ0) is 28.3. The van der Waals surface area contributed by atoms with Gasteiger partial charge in [0.2, 0.25) is 0 Å². The van der Waals surface area contributed by atoms with Crippen LogP contribution in [0.15, 0.2) is 65.0 Å². The Morgan fingerprint density at radius 2 is 1.63 bits per heavy atom. The van der Waals surface area contributed by atoms with Gasteiger partial charge in [-0.1, -0.05) is 67.5 Å². The maximum absolute atomic E-state index is 14.9. The highest BCUT2D eigenvalue weighted by Crippen LogP contribution is 2.70. The molecule has 1 saturated heterocycles. The van der Waals surface area contributed by atoms with Crippen molar-refractivity contribution < 1.29 is 24.2 Å². The minimum atomic E-state index is -1.35. The summed E-state index contributed by atoms with van der Waals surface area (Å²) in [6.07, 6.45) is 4.99. The summed E-state index contributed by atoms with van der Waals surface area (Å²) in [6, 6.07) is 8.73. The lowest BCUT2D eigenvalue weighted by Crippen LogP contribution is -2.65. The smallest absolute Gasteiger partial charge is 0.200 e. The van der Waals surface area contributed by atoms with Crippen LogP contribution in [0.25, 0.3) is 0 Å². The van der Waals surface area contributed by atoms with Crippen molar-refractivity contribution in [2.24, 2.45) is 22.2 Å². The topological polar surface area (TPSA) is 80.7 Å². The van der Waals surface area contributed by atoms with Crippen molar-refractivity contribution in [3.8, 4) is 0 Å². The van der Waals surface area contributed by atoms with Gasteiger partial charge in [0.25, 0.3) is 0 Å². The molecule has 2 aliphatic carbocycles. The maximum Gasteiger partial charge on any atom is 0.200 e. The van der Waals surface area contributed by atoms with Crippen molar-refractivity contribution in [2.45, 2.75) is 92.8 Å². The van der Waals surface area contributed by atoms with Crippen molar-refractivity contribution in [3.05, 3.63) is 70.5 Å². The monoisotopic (exact) mass is 518 g/mol. The second-order valence-electron chi connectivity index (χ2n) is 13.1. The Kier molecular flexibility index (Phi) is 7.01. The van der Waals surface area contributed by atoms with E-state index in [2.05, 4.69) is 33.8 Å². The molecule has 0 unspecified atom stereocenters. The van der Waals surface area contributed by atoms with Gasteiger partial charge in [-0.25, -0.2) is 0 Å². The van der Waals surface area contributed by atoms with E-state index in [4.69, 9.17) is 4.74 Å². The van der Waals surface area contributed by atoms with E-state index in [-0.39, 0.29) is 35.9 Å². The van der Waals surface area contributed by atoms with Gasteiger partial charge in [-0.15, -0.1) is 0 Å². The zero-order valence-electron chi connectivity index (χ0n) is 24.1. The van der Waals surface area contributed by atoms with Gasteiger partial charge < -0.3 is 9.84 Å². The molecule has 1 saturated carbocycles. The van der Waals surface area contributed by atoms with E-state index in [1.165, 1.54) is 5.57 Å². The summed E-state index contributed by atoms with van der Waals surface area (Å²) in [5.74, 6) is -0.838. The number of Topliss-reactive ketones (excluding diaryl/α,β-unsaturated/α-hetero) is 3. The van der Waals surface area contributed by atoms with Crippen molar-refractivity contribution in [3.63, 3.8) is 0 Å². The third-order valence-electron chi connectivity index (χ3n) is 9.29. The number of hydrogen-bond donors (Lipinski definition) is 1. The second-order valence-corrected chi connectivity index (χ2v) is 13.1. The fourth-order valence-corrected chi connectivity index (χ4v) is 6.77. The average molecular weight is 519 g/mol. The van der Waals surface area contributed by atoms with E-state index >= 15 is 0 Å². The van der Waals surface area contributed by atoms with Gasteiger partial charge >= 0.3 is 0 Å². The van der Waals surface area contributed by atoms with Gasteiger partial charge in [0.05, 0.1) is 16.4 Å². The third-order valence-corrected chi connectivity index (χ3v) is 9.29. The SMILES string of the molecule is CC(C)=CC[C@H]1C[C@]2(CC=C(C)C)C(=O)C(C(=O)c3ccccc3)=C3O[C@H](C(C)(C)O)C[C@]3(C2=O)C1(C)C. The molecule has 1 heterocycles. The standard InChI is InChI=1S/C33H42O5/c1-20(2)14-15-23-18-32(17-16-21(3)4)27(35)25(26(34)22-12-10-9-11-13-22)28-33(29(32)36,30(23,5)6)19-24(38-28)31(7,8)37/h9-14,16,23-24,37H,15,17-19H2,1-8H3/t23-,24-,32+,33-/m0/s1. The lowest BCUT2D eigenvalue weighted by atomic mass is 9.40. The maximum atomic E-state index is 14.9. The molecule has 1 aromatic carbocycles. The minimum Gasteiger partial charge on any atom is -0.490 e. The first-order chi connectivity index (χ1) is 17.6. The molecular formula is C33H42O5. The summed E-state index contributed by atoms with van der Waals surface area (Å²) in [5, 5.41) is 11.1. The van der Waals surface area contributed by atoms with Crippen LogP contribution in [0.4, 0.5) is 0 Å². The van der Waals surface area contributed by atoms with Gasteiger partial charge in [0, 0.05) is 12.0 Å². The zero-order valence-corrected chi connectivity index (χ0v) is 24.1. The molecule has 204 valence electrons.